The van der Waals surface area contributed by atoms with Crippen LogP contribution in [0.1, 0.15) is 12.8 Å². The van der Waals surface area contributed by atoms with E-state index in [4.69, 9.17) is 0 Å². The fourth-order valence-electron chi connectivity index (χ4n) is 1.77. The Balaban J connectivity index is 4.09. The molecule has 0 rings (SSSR count). The number of hydrogen-bond donors (Lipinski definition) is 1. The lowest BCUT2D eigenvalue weighted by molar-refractivity contribution is -0.884. The predicted octanol–water partition coefficient (Wildman–Crippen LogP) is -0.316. The van der Waals surface area contributed by atoms with Crippen LogP contribution in [0.4, 0.5) is 22.0 Å². The van der Waals surface area contributed by atoms with Gasteiger partial charge >= 0.3 is 12.3 Å². The van der Waals surface area contributed by atoms with Crippen LogP contribution in [-0.2, 0) is 19.6 Å². The van der Waals surface area contributed by atoms with Gasteiger partial charge in [-0.2, -0.15) is 22.0 Å². The number of nitrogens with one attached hydrogen (secondary N) is 1. The zero-order chi connectivity index (χ0) is 19.9. The number of nitrogens with zero attached hydrogens (tertiary/aromatic N) is 1. The molecule has 0 saturated heterocycles. The number of alkyl halides is 5. The number of carboxylic acids is 1. The molecule has 0 aromatic heterocycles. The van der Waals surface area contributed by atoms with Crippen molar-refractivity contribution in [3.8, 4) is 0 Å². The summed E-state index contributed by atoms with van der Waals surface area (Å²) in [5.41, 5.74) is 0. The lowest BCUT2D eigenvalue weighted by Crippen LogP contribution is -2.49. The highest BCUT2D eigenvalue weighted by molar-refractivity contribution is 7.89. The summed E-state index contributed by atoms with van der Waals surface area (Å²) in [5.74, 6) is -1.93. The van der Waals surface area contributed by atoms with Crippen LogP contribution in [0.25, 0.3) is 0 Å². The molecule has 150 valence electrons. The summed E-state index contributed by atoms with van der Waals surface area (Å²) < 4.78 is 89.1. The normalized spacial score (nSPS) is 13.9. The minimum absolute atomic E-state index is 0.0311. The van der Waals surface area contributed by atoms with Gasteiger partial charge in [0.15, 0.2) is 0 Å². The summed E-state index contributed by atoms with van der Waals surface area (Å²) in [6, 6.07) is 0. The summed E-state index contributed by atoms with van der Waals surface area (Å²) >= 11 is 0. The van der Waals surface area contributed by atoms with Gasteiger partial charge in [-0.15, -0.1) is 0 Å². The topological polar surface area (TPSA) is 95.5 Å². The summed E-state index contributed by atoms with van der Waals surface area (Å²) in [4.78, 5) is 10.5. The molecule has 0 radical (unpaired) electrons. The molecule has 25 heavy (non-hydrogen) atoms. The van der Waals surface area contributed by atoms with Crippen LogP contribution in [-0.4, -0.2) is 77.2 Å². The second kappa shape index (κ2) is 9.05. The lowest BCUT2D eigenvalue weighted by Gasteiger charge is -2.30. The third-order valence-corrected chi connectivity index (χ3v) is 4.46. The van der Waals surface area contributed by atoms with E-state index in [0.717, 1.165) is 0 Å². The minimum atomic E-state index is -5.86. The largest absolute Gasteiger partial charge is 0.544 e. The summed E-state index contributed by atoms with van der Waals surface area (Å²) in [7, 11) is -0.640. The van der Waals surface area contributed by atoms with Crippen LogP contribution in [0, 0.1) is 0 Å². The molecular formula is C12H21F5N2O5S. The molecule has 0 spiro atoms. The van der Waals surface area contributed by atoms with Gasteiger partial charge in [-0.05, 0) is 6.42 Å². The Hall–Kier alpha value is -1.05. The number of quaternary nitrogens is 1. The first kappa shape index (κ1) is 23.9. The molecule has 0 aliphatic heterocycles. The van der Waals surface area contributed by atoms with Crippen molar-refractivity contribution in [3.05, 3.63) is 0 Å². The number of carbonyl (C=O) groups excluding carboxylic acids is 1. The molecule has 0 aromatic carbocycles. The summed E-state index contributed by atoms with van der Waals surface area (Å²) in [5, 5.41) is 10.5. The Bertz CT molecular complexity index is 537. The van der Waals surface area contributed by atoms with Crippen LogP contribution in [0.3, 0.4) is 0 Å². The average molecular weight is 400 g/mol. The summed E-state index contributed by atoms with van der Waals surface area (Å²) in [6.07, 6.45) is -11.4. The van der Waals surface area contributed by atoms with Gasteiger partial charge in [0.25, 0.3) is 0 Å². The molecule has 0 aliphatic carbocycles. The molecule has 0 amide bonds. The van der Waals surface area contributed by atoms with Crippen LogP contribution in [0.5, 0.6) is 0 Å². The second-order valence-corrected chi connectivity index (χ2v) is 7.90. The van der Waals surface area contributed by atoms with Gasteiger partial charge < -0.3 is 19.1 Å². The Labute approximate surface area is 142 Å². The maximum atomic E-state index is 12.4. The molecule has 0 bridgehead atoms. The highest BCUT2D eigenvalue weighted by Gasteiger charge is 2.59. The van der Waals surface area contributed by atoms with Crippen molar-refractivity contribution in [2.75, 3.05) is 46.1 Å². The van der Waals surface area contributed by atoms with Crippen molar-refractivity contribution in [1.29, 1.82) is 0 Å². The van der Waals surface area contributed by atoms with E-state index >= 15 is 0 Å². The Kier molecular flexibility index (Phi) is 8.67. The van der Waals surface area contributed by atoms with E-state index in [1.165, 1.54) is 0 Å². The molecule has 0 aromatic rings. The number of carbonyl (C=O) groups is 1. The molecule has 13 heteroatoms. The maximum Gasteiger partial charge on any atom is 0.482 e. The molecule has 0 unspecified atom stereocenters. The highest BCUT2D eigenvalue weighted by Crippen LogP contribution is 2.36. The number of carboxylic acid groups (broad SMARTS) is 1. The van der Waals surface area contributed by atoms with E-state index in [9.17, 15) is 40.3 Å². The molecule has 1 N–H and O–H groups in total. The van der Waals surface area contributed by atoms with Crippen LogP contribution >= 0.6 is 0 Å². The third-order valence-electron chi connectivity index (χ3n) is 2.99. The standard InChI is InChI=1S/C12H21F5N2O5S/c1-19(2,9-10(20)21)6-3-5-18-25(22,23)8-4-7-24-12(16,17)11(13,14)15/h18H,3-9H2,1-2H3. The van der Waals surface area contributed by atoms with Crippen molar-refractivity contribution in [3.63, 3.8) is 0 Å². The molecule has 0 atom stereocenters. The van der Waals surface area contributed by atoms with E-state index < -0.39 is 47.1 Å². The number of likely N-dealkylation sites (N-methyl/N-ethyl adjacent to an activating group) is 1. The molecule has 0 saturated carbocycles. The maximum absolute atomic E-state index is 12.4. The fraction of sp³-hybridized carbons (Fsp3) is 0.917. The van der Waals surface area contributed by atoms with Crippen molar-refractivity contribution in [2.45, 2.75) is 25.1 Å². The fourth-order valence-corrected chi connectivity index (χ4v) is 2.86. The molecule has 0 heterocycles. The third kappa shape index (κ3) is 10.5. The Morgan fingerprint density at radius 1 is 1.16 bits per heavy atom. The Morgan fingerprint density at radius 2 is 1.72 bits per heavy atom. The first-order valence-electron chi connectivity index (χ1n) is 7.16. The monoisotopic (exact) mass is 400 g/mol. The van der Waals surface area contributed by atoms with Gasteiger partial charge in [-0.25, -0.2) is 13.1 Å². The SMILES string of the molecule is C[N+](C)(CCCNS(=O)(=O)CCCOC(F)(F)C(F)(F)F)CC(=O)[O-]. The van der Waals surface area contributed by atoms with Crippen LogP contribution in [0.2, 0.25) is 0 Å². The number of aliphatic carboxylic acids is 1. The zero-order valence-corrected chi connectivity index (χ0v) is 14.6. The van der Waals surface area contributed by atoms with Crippen LogP contribution in [0.15, 0.2) is 0 Å². The van der Waals surface area contributed by atoms with Gasteiger partial charge in [0.1, 0.15) is 6.54 Å². The quantitative estimate of drug-likeness (QED) is 0.275. The number of halogens is 5. The van der Waals surface area contributed by atoms with Gasteiger partial charge in [0.05, 0.1) is 39.0 Å². The predicted molar refractivity (Wildman–Crippen MR) is 74.8 cm³/mol. The average Bonchev–Trinajstić information content (AvgIpc) is 2.37. The molecule has 0 fully saturated rings. The lowest BCUT2D eigenvalue weighted by atomic mass is 10.3. The minimum Gasteiger partial charge on any atom is -0.544 e. The van der Waals surface area contributed by atoms with Gasteiger partial charge in [0, 0.05) is 13.0 Å². The van der Waals surface area contributed by atoms with E-state index in [-0.39, 0.29) is 17.6 Å². The number of hydrogen-bond acceptors (Lipinski definition) is 5. The first-order chi connectivity index (χ1) is 11.1. The van der Waals surface area contributed by atoms with Gasteiger partial charge in [-0.3, -0.25) is 0 Å². The smallest absolute Gasteiger partial charge is 0.482 e. The molecule has 0 aliphatic rings. The van der Waals surface area contributed by atoms with Crippen molar-refractivity contribution in [2.24, 2.45) is 0 Å². The summed E-state index contributed by atoms with van der Waals surface area (Å²) in [6.45, 7) is -1.03. The molecule has 7 nitrogen and oxygen atoms in total. The number of ether oxygens (including phenoxy) is 1. The highest BCUT2D eigenvalue weighted by atomic mass is 32.2. The van der Waals surface area contributed by atoms with E-state index in [0.29, 0.717) is 13.0 Å². The van der Waals surface area contributed by atoms with E-state index in [1.54, 1.807) is 14.1 Å². The van der Waals surface area contributed by atoms with Crippen LogP contribution < -0.4 is 9.83 Å². The van der Waals surface area contributed by atoms with Gasteiger partial charge in [-0.1, -0.05) is 0 Å². The van der Waals surface area contributed by atoms with Gasteiger partial charge in [0.2, 0.25) is 10.0 Å². The van der Waals surface area contributed by atoms with Crippen molar-refractivity contribution >= 4 is 16.0 Å². The Morgan fingerprint density at radius 3 is 2.20 bits per heavy atom. The van der Waals surface area contributed by atoms with Crippen molar-refractivity contribution in [1.82, 2.24) is 4.72 Å². The van der Waals surface area contributed by atoms with E-state index in [2.05, 4.69) is 9.46 Å². The van der Waals surface area contributed by atoms with Crippen molar-refractivity contribution < 1.29 is 49.5 Å². The van der Waals surface area contributed by atoms with E-state index in [1.807, 2.05) is 0 Å². The molecular weight excluding hydrogens is 379 g/mol. The second-order valence-electron chi connectivity index (χ2n) is 5.97. The number of rotatable bonds is 12. The number of sulfonamides is 1. The first-order valence-corrected chi connectivity index (χ1v) is 8.81. The zero-order valence-electron chi connectivity index (χ0n) is 13.7.